The van der Waals surface area contributed by atoms with Gasteiger partial charge in [-0.25, -0.2) is 0 Å². The number of anilines is 1. The molecule has 6 heteroatoms. The van der Waals surface area contributed by atoms with Crippen molar-refractivity contribution in [2.75, 3.05) is 43.9 Å². The lowest BCUT2D eigenvalue weighted by Gasteiger charge is -2.36. The second-order valence-electron chi connectivity index (χ2n) is 6.16. The van der Waals surface area contributed by atoms with Gasteiger partial charge in [-0.05, 0) is 43.3 Å². The van der Waals surface area contributed by atoms with Gasteiger partial charge in [-0.1, -0.05) is 12.1 Å². The lowest BCUT2D eigenvalue weighted by molar-refractivity contribution is 0.0746. The minimum Gasteiger partial charge on any atom is -0.492 e. The van der Waals surface area contributed by atoms with Crippen molar-refractivity contribution < 1.29 is 13.7 Å². The first kappa shape index (κ1) is 18.5. The number of para-hydroxylation sites is 2. The Morgan fingerprint density at radius 3 is 2.31 bits per heavy atom. The van der Waals surface area contributed by atoms with Crippen molar-refractivity contribution in [3.8, 4) is 5.75 Å². The van der Waals surface area contributed by atoms with Crippen LogP contribution in [0.5, 0.6) is 5.75 Å². The number of rotatable bonds is 5. The molecule has 1 aliphatic rings. The fourth-order valence-electron chi connectivity index (χ4n) is 3.12. The Morgan fingerprint density at radius 1 is 1.04 bits per heavy atom. The molecule has 1 fully saturated rings. The van der Waals surface area contributed by atoms with Crippen molar-refractivity contribution in [2.24, 2.45) is 0 Å². The minimum atomic E-state index is -1.03. The fourth-order valence-corrected chi connectivity index (χ4v) is 3.64. The van der Waals surface area contributed by atoms with E-state index in [1.54, 1.807) is 30.5 Å². The number of hydrogen-bond acceptors (Lipinski definition) is 4. The molecule has 1 unspecified atom stereocenters. The third-order valence-corrected chi connectivity index (χ3v) is 5.44. The van der Waals surface area contributed by atoms with Crippen molar-refractivity contribution in [3.05, 3.63) is 54.1 Å². The second-order valence-corrected chi connectivity index (χ2v) is 7.54. The number of amides is 1. The van der Waals surface area contributed by atoms with Crippen LogP contribution in [0.2, 0.25) is 0 Å². The summed E-state index contributed by atoms with van der Waals surface area (Å²) in [6.07, 6.45) is 1.64. The van der Waals surface area contributed by atoms with E-state index in [1.165, 1.54) is 0 Å². The minimum absolute atomic E-state index is 0.0242. The number of hydrogen-bond donors (Lipinski definition) is 0. The van der Waals surface area contributed by atoms with Gasteiger partial charge in [-0.3, -0.25) is 9.00 Å². The van der Waals surface area contributed by atoms with Crippen LogP contribution in [0.15, 0.2) is 53.4 Å². The molecule has 0 bridgehead atoms. The van der Waals surface area contributed by atoms with Crippen LogP contribution in [0, 0.1) is 0 Å². The standard InChI is InChI=1S/C20H24N2O3S/c1-3-25-19-7-5-4-6-18(19)21-12-14-22(15-13-21)20(23)16-8-10-17(11-9-16)26(2)24/h4-11H,3,12-15H2,1-2H3. The van der Waals surface area contributed by atoms with Gasteiger partial charge in [0, 0.05) is 53.7 Å². The van der Waals surface area contributed by atoms with Crippen molar-refractivity contribution in [1.29, 1.82) is 0 Å². The summed E-state index contributed by atoms with van der Waals surface area (Å²) in [4.78, 5) is 17.6. The van der Waals surface area contributed by atoms with Crippen LogP contribution in [0.1, 0.15) is 17.3 Å². The molecule has 3 rings (SSSR count). The Hall–Kier alpha value is -2.34. The summed E-state index contributed by atoms with van der Waals surface area (Å²) in [6, 6.07) is 15.1. The number of carbonyl (C=O) groups is 1. The van der Waals surface area contributed by atoms with E-state index in [-0.39, 0.29) is 5.91 Å². The van der Waals surface area contributed by atoms with E-state index in [9.17, 15) is 9.00 Å². The molecule has 5 nitrogen and oxygen atoms in total. The van der Waals surface area contributed by atoms with Gasteiger partial charge in [0.05, 0.1) is 12.3 Å². The van der Waals surface area contributed by atoms with Crippen molar-refractivity contribution in [3.63, 3.8) is 0 Å². The van der Waals surface area contributed by atoms with Gasteiger partial charge >= 0.3 is 0 Å². The van der Waals surface area contributed by atoms with Crippen LogP contribution in [-0.4, -0.2) is 54.1 Å². The van der Waals surface area contributed by atoms with E-state index in [0.29, 0.717) is 25.3 Å². The molecule has 1 amide bonds. The second kappa shape index (κ2) is 8.36. The molecule has 0 N–H and O–H groups in total. The smallest absolute Gasteiger partial charge is 0.253 e. The normalized spacial score (nSPS) is 15.6. The maximum absolute atomic E-state index is 12.7. The maximum Gasteiger partial charge on any atom is 0.253 e. The van der Waals surface area contributed by atoms with Gasteiger partial charge in [0.2, 0.25) is 0 Å². The molecule has 1 saturated heterocycles. The Kier molecular flexibility index (Phi) is 5.93. The highest BCUT2D eigenvalue weighted by Crippen LogP contribution is 2.29. The lowest BCUT2D eigenvalue weighted by Crippen LogP contribution is -2.48. The van der Waals surface area contributed by atoms with E-state index in [2.05, 4.69) is 11.0 Å². The highest BCUT2D eigenvalue weighted by Gasteiger charge is 2.23. The van der Waals surface area contributed by atoms with Crippen LogP contribution in [0.4, 0.5) is 5.69 Å². The molecule has 1 aliphatic heterocycles. The van der Waals surface area contributed by atoms with E-state index in [0.717, 1.165) is 29.4 Å². The van der Waals surface area contributed by atoms with E-state index in [4.69, 9.17) is 4.74 Å². The highest BCUT2D eigenvalue weighted by atomic mass is 32.2. The zero-order chi connectivity index (χ0) is 18.5. The number of benzene rings is 2. The average Bonchev–Trinajstić information content (AvgIpc) is 2.68. The summed E-state index contributed by atoms with van der Waals surface area (Å²) in [7, 11) is -1.03. The van der Waals surface area contributed by atoms with Crippen LogP contribution in [0.3, 0.4) is 0 Å². The molecule has 0 aliphatic carbocycles. The molecule has 26 heavy (non-hydrogen) atoms. The summed E-state index contributed by atoms with van der Waals surface area (Å²) in [5, 5.41) is 0. The molecule has 0 aromatic heterocycles. The van der Waals surface area contributed by atoms with Gasteiger partial charge in [-0.2, -0.15) is 0 Å². The van der Waals surface area contributed by atoms with E-state index >= 15 is 0 Å². The molecule has 2 aromatic carbocycles. The van der Waals surface area contributed by atoms with Crippen LogP contribution >= 0.6 is 0 Å². The Morgan fingerprint density at radius 2 is 1.69 bits per heavy atom. The summed E-state index contributed by atoms with van der Waals surface area (Å²) < 4.78 is 17.2. The summed E-state index contributed by atoms with van der Waals surface area (Å²) in [6.45, 7) is 5.49. The number of nitrogens with zero attached hydrogens (tertiary/aromatic N) is 2. The van der Waals surface area contributed by atoms with E-state index in [1.807, 2.05) is 30.0 Å². The fraction of sp³-hybridized carbons (Fsp3) is 0.350. The van der Waals surface area contributed by atoms with Crippen LogP contribution in [-0.2, 0) is 10.8 Å². The average molecular weight is 372 g/mol. The molecule has 2 aromatic rings. The number of carbonyl (C=O) groups excluding carboxylic acids is 1. The predicted octanol–water partition coefficient (Wildman–Crippen LogP) is 2.79. The first-order chi connectivity index (χ1) is 12.6. The Bertz CT molecular complexity index is 784. The van der Waals surface area contributed by atoms with Gasteiger partial charge in [0.1, 0.15) is 5.75 Å². The van der Waals surface area contributed by atoms with Crippen molar-refractivity contribution in [2.45, 2.75) is 11.8 Å². The van der Waals surface area contributed by atoms with E-state index < -0.39 is 10.8 Å². The monoisotopic (exact) mass is 372 g/mol. The number of piperazine rings is 1. The summed E-state index contributed by atoms with van der Waals surface area (Å²) in [5.74, 6) is 0.911. The Labute approximate surface area is 157 Å². The zero-order valence-corrected chi connectivity index (χ0v) is 16.0. The van der Waals surface area contributed by atoms with Crippen LogP contribution in [0.25, 0.3) is 0 Å². The van der Waals surface area contributed by atoms with Crippen LogP contribution < -0.4 is 9.64 Å². The quantitative estimate of drug-likeness (QED) is 0.810. The molecule has 1 atom stereocenters. The van der Waals surface area contributed by atoms with Gasteiger partial charge in [0.15, 0.2) is 0 Å². The van der Waals surface area contributed by atoms with Gasteiger partial charge in [-0.15, -0.1) is 0 Å². The molecule has 0 spiro atoms. The molecule has 1 heterocycles. The predicted molar refractivity (Wildman–Crippen MR) is 105 cm³/mol. The first-order valence-corrected chi connectivity index (χ1v) is 10.4. The van der Waals surface area contributed by atoms with Gasteiger partial charge < -0.3 is 14.5 Å². The topological polar surface area (TPSA) is 49.9 Å². The summed E-state index contributed by atoms with van der Waals surface area (Å²) >= 11 is 0. The SMILES string of the molecule is CCOc1ccccc1N1CCN(C(=O)c2ccc(S(C)=O)cc2)CC1. The first-order valence-electron chi connectivity index (χ1n) is 8.79. The number of ether oxygens (including phenoxy) is 1. The molecular weight excluding hydrogens is 348 g/mol. The summed E-state index contributed by atoms with van der Waals surface area (Å²) in [5.41, 5.74) is 1.72. The Balaban J connectivity index is 1.65. The lowest BCUT2D eigenvalue weighted by atomic mass is 10.1. The maximum atomic E-state index is 12.7. The third kappa shape index (κ3) is 4.07. The molecule has 0 radical (unpaired) electrons. The molecule has 0 saturated carbocycles. The highest BCUT2D eigenvalue weighted by molar-refractivity contribution is 7.84. The molecule has 138 valence electrons. The molecular formula is C20H24N2O3S. The van der Waals surface area contributed by atoms with Gasteiger partial charge in [0.25, 0.3) is 5.91 Å². The largest absolute Gasteiger partial charge is 0.492 e. The van der Waals surface area contributed by atoms with Crippen molar-refractivity contribution >= 4 is 22.4 Å². The third-order valence-electron chi connectivity index (χ3n) is 4.51. The van der Waals surface area contributed by atoms with Crippen molar-refractivity contribution in [1.82, 2.24) is 4.90 Å². The zero-order valence-electron chi connectivity index (χ0n) is 15.2.